The normalized spacial score (nSPS) is 14.3. The molecule has 0 heterocycles. The zero-order valence-electron chi connectivity index (χ0n) is 12.2. The summed E-state index contributed by atoms with van der Waals surface area (Å²) in [4.78, 5) is 1.30. The smallest absolute Gasteiger partial charge is 0.0616 e. The average Bonchev–Trinajstić information content (AvgIpc) is 2.45. The summed E-state index contributed by atoms with van der Waals surface area (Å²) < 4.78 is 5.27. The fourth-order valence-electron chi connectivity index (χ4n) is 2.12. The Balaban J connectivity index is 2.55. The van der Waals surface area contributed by atoms with Gasteiger partial charge < -0.3 is 15.8 Å². The minimum absolute atomic E-state index is 0.328. The highest BCUT2D eigenvalue weighted by Gasteiger charge is 2.12. The van der Waals surface area contributed by atoms with E-state index in [4.69, 9.17) is 10.5 Å². The number of ether oxygens (including phenoxy) is 1. The van der Waals surface area contributed by atoms with E-state index in [1.165, 1.54) is 10.5 Å². The van der Waals surface area contributed by atoms with Crippen molar-refractivity contribution in [2.45, 2.75) is 36.7 Å². The molecule has 108 valence electrons. The summed E-state index contributed by atoms with van der Waals surface area (Å²) in [5.41, 5.74) is 6.89. The highest BCUT2D eigenvalue weighted by Crippen LogP contribution is 2.19. The van der Waals surface area contributed by atoms with Gasteiger partial charge >= 0.3 is 0 Å². The van der Waals surface area contributed by atoms with Crippen molar-refractivity contribution in [2.75, 3.05) is 26.5 Å². The van der Waals surface area contributed by atoms with Gasteiger partial charge in [0.05, 0.1) is 6.61 Å². The van der Waals surface area contributed by atoms with Gasteiger partial charge in [-0.15, -0.1) is 11.8 Å². The molecule has 19 heavy (non-hydrogen) atoms. The molecule has 3 nitrogen and oxygen atoms in total. The van der Waals surface area contributed by atoms with Gasteiger partial charge in [0.1, 0.15) is 0 Å². The predicted molar refractivity (Wildman–Crippen MR) is 83.7 cm³/mol. The van der Waals surface area contributed by atoms with E-state index in [1.807, 2.05) is 0 Å². The van der Waals surface area contributed by atoms with Crippen LogP contribution in [-0.4, -0.2) is 32.6 Å². The lowest BCUT2D eigenvalue weighted by Gasteiger charge is -2.23. The summed E-state index contributed by atoms with van der Waals surface area (Å²) in [5, 5.41) is 3.62. The van der Waals surface area contributed by atoms with Crippen molar-refractivity contribution in [2.24, 2.45) is 5.73 Å². The van der Waals surface area contributed by atoms with E-state index < -0.39 is 0 Å². The molecule has 1 aromatic rings. The Labute approximate surface area is 121 Å². The molecule has 0 spiro atoms. The van der Waals surface area contributed by atoms with Gasteiger partial charge in [-0.1, -0.05) is 12.1 Å². The van der Waals surface area contributed by atoms with Crippen LogP contribution in [0.15, 0.2) is 29.2 Å². The van der Waals surface area contributed by atoms with Crippen molar-refractivity contribution in [3.63, 3.8) is 0 Å². The molecule has 0 saturated carbocycles. The van der Waals surface area contributed by atoms with Crippen LogP contribution in [0, 0.1) is 0 Å². The SMILES string of the molecule is COCC(CCCN)NC(C)c1ccc(SC)cc1. The van der Waals surface area contributed by atoms with Crippen molar-refractivity contribution < 1.29 is 4.74 Å². The molecule has 1 aromatic carbocycles. The van der Waals surface area contributed by atoms with Gasteiger partial charge in [-0.3, -0.25) is 0 Å². The third-order valence-electron chi connectivity index (χ3n) is 3.23. The Morgan fingerprint density at radius 3 is 2.53 bits per heavy atom. The molecule has 0 saturated heterocycles. The Morgan fingerprint density at radius 2 is 2.00 bits per heavy atom. The Kier molecular flexibility index (Phi) is 8.14. The van der Waals surface area contributed by atoms with Crippen molar-refractivity contribution >= 4 is 11.8 Å². The third-order valence-corrected chi connectivity index (χ3v) is 3.97. The molecule has 0 aliphatic rings. The second-order valence-corrected chi connectivity index (χ2v) is 5.62. The minimum atomic E-state index is 0.328. The zero-order valence-corrected chi connectivity index (χ0v) is 13.0. The topological polar surface area (TPSA) is 47.3 Å². The number of hydrogen-bond donors (Lipinski definition) is 2. The van der Waals surface area contributed by atoms with Crippen LogP contribution in [0.3, 0.4) is 0 Å². The predicted octanol–water partition coefficient (Wildman–Crippen LogP) is 2.81. The van der Waals surface area contributed by atoms with Crippen LogP contribution in [0.4, 0.5) is 0 Å². The molecule has 0 radical (unpaired) electrons. The summed E-state index contributed by atoms with van der Waals surface area (Å²) in [7, 11) is 1.75. The number of thioether (sulfide) groups is 1. The zero-order chi connectivity index (χ0) is 14.1. The lowest BCUT2D eigenvalue weighted by Crippen LogP contribution is -2.35. The largest absolute Gasteiger partial charge is 0.383 e. The molecule has 3 N–H and O–H groups in total. The van der Waals surface area contributed by atoms with E-state index in [2.05, 4.69) is 42.8 Å². The number of benzene rings is 1. The fraction of sp³-hybridized carbons (Fsp3) is 0.600. The second kappa shape index (κ2) is 9.37. The molecule has 0 fully saturated rings. The van der Waals surface area contributed by atoms with E-state index in [0.29, 0.717) is 12.1 Å². The number of hydrogen-bond acceptors (Lipinski definition) is 4. The maximum Gasteiger partial charge on any atom is 0.0616 e. The highest BCUT2D eigenvalue weighted by molar-refractivity contribution is 7.98. The van der Waals surface area contributed by atoms with Crippen LogP contribution in [0.5, 0.6) is 0 Å². The number of nitrogens with two attached hydrogens (primary N) is 1. The molecular formula is C15H26N2OS. The van der Waals surface area contributed by atoms with E-state index in [0.717, 1.165) is 26.0 Å². The van der Waals surface area contributed by atoms with Gasteiger partial charge in [0.2, 0.25) is 0 Å². The van der Waals surface area contributed by atoms with Crippen LogP contribution < -0.4 is 11.1 Å². The lowest BCUT2D eigenvalue weighted by molar-refractivity contribution is 0.156. The quantitative estimate of drug-likeness (QED) is 0.684. The van der Waals surface area contributed by atoms with Crippen molar-refractivity contribution in [1.29, 1.82) is 0 Å². The van der Waals surface area contributed by atoms with Gasteiger partial charge in [0.25, 0.3) is 0 Å². The molecular weight excluding hydrogens is 256 g/mol. The minimum Gasteiger partial charge on any atom is -0.383 e. The number of nitrogens with one attached hydrogen (secondary N) is 1. The van der Waals surface area contributed by atoms with Gasteiger partial charge in [0.15, 0.2) is 0 Å². The van der Waals surface area contributed by atoms with Gasteiger partial charge in [-0.2, -0.15) is 0 Å². The monoisotopic (exact) mass is 282 g/mol. The van der Waals surface area contributed by atoms with Crippen molar-refractivity contribution in [1.82, 2.24) is 5.32 Å². The summed E-state index contributed by atoms with van der Waals surface area (Å²) >= 11 is 1.77. The van der Waals surface area contributed by atoms with Gasteiger partial charge in [-0.05, 0) is 50.3 Å². The molecule has 0 bridgehead atoms. The maximum absolute atomic E-state index is 5.58. The second-order valence-electron chi connectivity index (χ2n) is 4.74. The van der Waals surface area contributed by atoms with Crippen molar-refractivity contribution in [3.05, 3.63) is 29.8 Å². The van der Waals surface area contributed by atoms with Crippen LogP contribution in [0.25, 0.3) is 0 Å². The summed E-state index contributed by atoms with van der Waals surface area (Å²) in [6, 6.07) is 9.41. The van der Waals surface area contributed by atoms with Crippen LogP contribution in [0.1, 0.15) is 31.4 Å². The molecule has 0 aromatic heterocycles. The number of rotatable bonds is 9. The van der Waals surface area contributed by atoms with Crippen LogP contribution in [-0.2, 0) is 4.74 Å². The average molecular weight is 282 g/mol. The van der Waals surface area contributed by atoms with E-state index in [1.54, 1.807) is 18.9 Å². The first kappa shape index (κ1) is 16.5. The Morgan fingerprint density at radius 1 is 1.32 bits per heavy atom. The molecule has 4 heteroatoms. The maximum atomic E-state index is 5.58. The molecule has 0 aliphatic heterocycles. The van der Waals surface area contributed by atoms with Gasteiger partial charge in [0, 0.05) is 24.1 Å². The van der Waals surface area contributed by atoms with E-state index >= 15 is 0 Å². The highest BCUT2D eigenvalue weighted by atomic mass is 32.2. The van der Waals surface area contributed by atoms with Crippen LogP contribution >= 0.6 is 11.8 Å². The summed E-state index contributed by atoms with van der Waals surface area (Å²) in [5.74, 6) is 0. The third kappa shape index (κ3) is 5.95. The first-order chi connectivity index (χ1) is 9.21. The van der Waals surface area contributed by atoms with Gasteiger partial charge in [-0.25, -0.2) is 0 Å². The Bertz CT molecular complexity index is 343. The summed E-state index contributed by atoms with van der Waals surface area (Å²) in [6.07, 6.45) is 4.18. The van der Waals surface area contributed by atoms with E-state index in [9.17, 15) is 0 Å². The standard InChI is InChI=1S/C15H26N2OS/c1-12(13-6-8-15(19-3)9-7-13)17-14(11-18-2)5-4-10-16/h6-9,12,14,17H,4-5,10-11,16H2,1-3H3. The van der Waals surface area contributed by atoms with Crippen LogP contribution in [0.2, 0.25) is 0 Å². The lowest BCUT2D eigenvalue weighted by atomic mass is 10.1. The Hall–Kier alpha value is -0.550. The molecule has 2 unspecified atom stereocenters. The summed E-state index contributed by atoms with van der Waals surface area (Å²) in [6.45, 7) is 3.66. The fourth-order valence-corrected chi connectivity index (χ4v) is 2.53. The molecule has 2 atom stereocenters. The number of methoxy groups -OCH3 is 1. The molecule has 0 aliphatic carbocycles. The van der Waals surface area contributed by atoms with Crippen molar-refractivity contribution in [3.8, 4) is 0 Å². The molecule has 0 amide bonds. The molecule has 1 rings (SSSR count). The first-order valence-corrected chi connectivity index (χ1v) is 8.02. The van der Waals surface area contributed by atoms with E-state index in [-0.39, 0.29) is 0 Å². The first-order valence-electron chi connectivity index (χ1n) is 6.80.